The van der Waals surface area contributed by atoms with Gasteiger partial charge in [-0.2, -0.15) is 11.8 Å². The summed E-state index contributed by atoms with van der Waals surface area (Å²) in [6, 6.07) is 0. The number of hydrogen-bond acceptors (Lipinski definition) is 5. The molecule has 2 aliphatic heterocycles. The molecule has 7 nitrogen and oxygen atoms in total. The van der Waals surface area contributed by atoms with Crippen LogP contribution in [0.2, 0.25) is 0 Å². The largest absolute Gasteiger partial charge is 0.378 e. The van der Waals surface area contributed by atoms with Gasteiger partial charge in [0.25, 0.3) is 0 Å². The van der Waals surface area contributed by atoms with Crippen molar-refractivity contribution in [2.24, 2.45) is 4.99 Å². The van der Waals surface area contributed by atoms with Crippen molar-refractivity contribution in [1.82, 2.24) is 20.0 Å². The fourth-order valence-corrected chi connectivity index (χ4v) is 3.46. The van der Waals surface area contributed by atoms with Crippen molar-refractivity contribution < 1.29 is 9.53 Å². The summed E-state index contributed by atoms with van der Waals surface area (Å²) in [5, 5.41) is 3.40. The Bertz CT molecular complexity index is 421. The standard InChI is InChI=1S/C17H33N5O2S/c1-3-18-17(19-5-4-14-25-2)22-8-6-20(7-9-22)15-16(23)21-10-12-24-13-11-21/h3-15H2,1-2H3,(H,18,19). The van der Waals surface area contributed by atoms with Gasteiger partial charge in [-0.15, -0.1) is 0 Å². The first-order valence-corrected chi connectivity index (χ1v) is 10.7. The summed E-state index contributed by atoms with van der Waals surface area (Å²) < 4.78 is 5.32. The molecule has 1 amide bonds. The number of hydrogen-bond donors (Lipinski definition) is 1. The fourth-order valence-electron chi connectivity index (χ4n) is 3.04. The molecule has 2 aliphatic rings. The molecule has 0 aromatic rings. The summed E-state index contributed by atoms with van der Waals surface area (Å²) >= 11 is 1.87. The Morgan fingerprint density at radius 3 is 2.48 bits per heavy atom. The van der Waals surface area contributed by atoms with E-state index in [1.54, 1.807) is 0 Å². The minimum absolute atomic E-state index is 0.231. The summed E-state index contributed by atoms with van der Waals surface area (Å²) in [6.45, 7) is 10.8. The summed E-state index contributed by atoms with van der Waals surface area (Å²) in [4.78, 5) is 23.6. The number of thioether (sulfide) groups is 1. The van der Waals surface area contributed by atoms with Crippen molar-refractivity contribution >= 4 is 23.6 Å². The maximum Gasteiger partial charge on any atom is 0.236 e. The molecule has 0 unspecified atom stereocenters. The SMILES string of the molecule is CCNC(=NCCCSC)N1CCN(CC(=O)N2CCOCC2)CC1. The number of aliphatic imine (C=N–C) groups is 1. The van der Waals surface area contributed by atoms with Crippen LogP contribution in [0.5, 0.6) is 0 Å². The number of nitrogens with zero attached hydrogens (tertiary/aromatic N) is 4. The molecule has 0 aromatic heterocycles. The highest BCUT2D eigenvalue weighted by molar-refractivity contribution is 7.98. The third kappa shape index (κ3) is 7.03. The van der Waals surface area contributed by atoms with E-state index in [-0.39, 0.29) is 5.91 Å². The first kappa shape index (κ1) is 20.3. The zero-order valence-electron chi connectivity index (χ0n) is 15.7. The lowest BCUT2D eigenvalue weighted by Gasteiger charge is -2.37. The molecule has 0 spiro atoms. The molecular weight excluding hydrogens is 338 g/mol. The van der Waals surface area contributed by atoms with Crippen LogP contribution in [0, 0.1) is 0 Å². The second kappa shape index (κ2) is 11.6. The Morgan fingerprint density at radius 1 is 1.12 bits per heavy atom. The quantitative estimate of drug-likeness (QED) is 0.391. The lowest BCUT2D eigenvalue weighted by Crippen LogP contribution is -2.54. The van der Waals surface area contributed by atoms with Gasteiger partial charge in [0.1, 0.15) is 0 Å². The number of guanidine groups is 1. The van der Waals surface area contributed by atoms with E-state index in [1.807, 2.05) is 16.7 Å². The van der Waals surface area contributed by atoms with E-state index >= 15 is 0 Å². The Labute approximate surface area is 156 Å². The number of nitrogens with one attached hydrogen (secondary N) is 1. The van der Waals surface area contributed by atoms with Gasteiger partial charge in [-0.1, -0.05) is 0 Å². The molecule has 0 aromatic carbocycles. The molecule has 0 aliphatic carbocycles. The number of amides is 1. The van der Waals surface area contributed by atoms with E-state index < -0.39 is 0 Å². The first-order chi connectivity index (χ1) is 12.2. The van der Waals surface area contributed by atoms with Gasteiger partial charge in [0.2, 0.25) is 5.91 Å². The Hall–Kier alpha value is -0.990. The minimum atomic E-state index is 0.231. The van der Waals surface area contributed by atoms with Gasteiger partial charge in [-0.05, 0) is 25.4 Å². The predicted molar refractivity (Wildman–Crippen MR) is 104 cm³/mol. The summed E-state index contributed by atoms with van der Waals surface area (Å²) in [6.07, 6.45) is 3.25. The van der Waals surface area contributed by atoms with Crippen molar-refractivity contribution in [3.8, 4) is 0 Å². The molecule has 25 heavy (non-hydrogen) atoms. The molecule has 2 fully saturated rings. The van der Waals surface area contributed by atoms with Gasteiger partial charge in [-0.3, -0.25) is 14.7 Å². The van der Waals surface area contributed by atoms with Crippen molar-refractivity contribution in [3.63, 3.8) is 0 Å². The molecular formula is C17H33N5O2S. The van der Waals surface area contributed by atoms with Gasteiger partial charge in [0, 0.05) is 52.4 Å². The van der Waals surface area contributed by atoms with E-state index in [4.69, 9.17) is 9.73 Å². The molecule has 0 bridgehead atoms. The van der Waals surface area contributed by atoms with Gasteiger partial charge in [0.05, 0.1) is 19.8 Å². The number of rotatable bonds is 7. The second-order valence-corrected chi connectivity index (χ2v) is 7.32. The summed E-state index contributed by atoms with van der Waals surface area (Å²) in [5.74, 6) is 2.40. The van der Waals surface area contributed by atoms with Crippen LogP contribution >= 0.6 is 11.8 Å². The highest BCUT2D eigenvalue weighted by Gasteiger charge is 2.24. The van der Waals surface area contributed by atoms with E-state index in [0.717, 1.165) is 70.5 Å². The van der Waals surface area contributed by atoms with Crippen molar-refractivity contribution in [1.29, 1.82) is 0 Å². The van der Waals surface area contributed by atoms with Crippen LogP contribution in [-0.2, 0) is 9.53 Å². The van der Waals surface area contributed by atoms with Gasteiger partial charge >= 0.3 is 0 Å². The zero-order valence-corrected chi connectivity index (χ0v) is 16.5. The average molecular weight is 372 g/mol. The number of ether oxygens (including phenoxy) is 1. The van der Waals surface area contributed by atoms with Crippen molar-refractivity contribution in [2.45, 2.75) is 13.3 Å². The minimum Gasteiger partial charge on any atom is -0.378 e. The topological polar surface area (TPSA) is 60.4 Å². The molecule has 1 N–H and O–H groups in total. The summed E-state index contributed by atoms with van der Waals surface area (Å²) in [7, 11) is 0. The molecule has 2 heterocycles. The normalized spacial score (nSPS) is 20.0. The number of morpholine rings is 1. The van der Waals surface area contributed by atoms with Crippen LogP contribution in [0.25, 0.3) is 0 Å². The molecule has 2 rings (SSSR count). The van der Waals surface area contributed by atoms with E-state index in [1.165, 1.54) is 0 Å². The molecule has 0 saturated carbocycles. The van der Waals surface area contributed by atoms with Gasteiger partial charge in [-0.25, -0.2) is 0 Å². The highest BCUT2D eigenvalue weighted by Crippen LogP contribution is 2.05. The molecule has 2 saturated heterocycles. The average Bonchev–Trinajstić information content (AvgIpc) is 2.66. The number of carbonyl (C=O) groups excluding carboxylic acids is 1. The molecule has 144 valence electrons. The van der Waals surface area contributed by atoms with Crippen molar-refractivity contribution in [2.75, 3.05) is 84.1 Å². The third-order valence-corrected chi connectivity index (χ3v) is 5.19. The smallest absolute Gasteiger partial charge is 0.236 e. The third-order valence-electron chi connectivity index (χ3n) is 4.50. The Morgan fingerprint density at radius 2 is 1.84 bits per heavy atom. The number of carbonyl (C=O) groups is 1. The van der Waals surface area contributed by atoms with Crippen molar-refractivity contribution in [3.05, 3.63) is 0 Å². The van der Waals surface area contributed by atoms with E-state index in [2.05, 4.69) is 28.3 Å². The fraction of sp³-hybridized carbons (Fsp3) is 0.882. The van der Waals surface area contributed by atoms with Crippen LogP contribution in [0.15, 0.2) is 4.99 Å². The zero-order chi connectivity index (χ0) is 17.9. The second-order valence-electron chi connectivity index (χ2n) is 6.34. The lowest BCUT2D eigenvalue weighted by atomic mass is 10.3. The monoisotopic (exact) mass is 371 g/mol. The van der Waals surface area contributed by atoms with E-state index in [9.17, 15) is 4.79 Å². The van der Waals surface area contributed by atoms with E-state index in [0.29, 0.717) is 19.8 Å². The molecule has 0 atom stereocenters. The summed E-state index contributed by atoms with van der Waals surface area (Å²) in [5.41, 5.74) is 0. The van der Waals surface area contributed by atoms with Crippen LogP contribution in [0.3, 0.4) is 0 Å². The van der Waals surface area contributed by atoms with Crippen LogP contribution in [0.1, 0.15) is 13.3 Å². The Balaban J connectivity index is 1.75. The van der Waals surface area contributed by atoms with Gasteiger partial charge in [0.15, 0.2) is 5.96 Å². The van der Waals surface area contributed by atoms with Crippen LogP contribution < -0.4 is 5.32 Å². The van der Waals surface area contributed by atoms with Crippen LogP contribution in [-0.4, -0.2) is 111 Å². The predicted octanol–water partition coefficient (Wildman–Crippen LogP) is 0.181. The lowest BCUT2D eigenvalue weighted by molar-refractivity contribution is -0.136. The molecule has 8 heteroatoms. The van der Waals surface area contributed by atoms with Crippen LogP contribution in [0.4, 0.5) is 0 Å². The Kier molecular flexibility index (Phi) is 9.42. The maximum atomic E-state index is 12.4. The molecule has 0 radical (unpaired) electrons. The number of piperazine rings is 1. The maximum absolute atomic E-state index is 12.4. The van der Waals surface area contributed by atoms with Gasteiger partial charge < -0.3 is 19.9 Å². The highest BCUT2D eigenvalue weighted by atomic mass is 32.2. The first-order valence-electron chi connectivity index (χ1n) is 9.34.